The van der Waals surface area contributed by atoms with Gasteiger partial charge in [0.15, 0.2) is 0 Å². The molecule has 0 saturated carbocycles. The highest BCUT2D eigenvalue weighted by Gasteiger charge is 2.31. The van der Waals surface area contributed by atoms with E-state index in [0.29, 0.717) is 6.54 Å². The third-order valence-electron chi connectivity index (χ3n) is 6.18. The molecule has 1 aromatic heterocycles. The topological polar surface area (TPSA) is 76.0 Å². The minimum absolute atomic E-state index is 0.246. The molecule has 2 unspecified atom stereocenters. The second-order valence-corrected chi connectivity index (χ2v) is 8.94. The van der Waals surface area contributed by atoms with Gasteiger partial charge in [-0.15, -0.1) is 0 Å². The molecule has 6 nitrogen and oxygen atoms in total. The molecule has 178 valence electrons. The van der Waals surface area contributed by atoms with Gasteiger partial charge in [-0.3, -0.25) is 14.3 Å². The van der Waals surface area contributed by atoms with E-state index in [-0.39, 0.29) is 12.0 Å². The van der Waals surface area contributed by atoms with Crippen LogP contribution in [0.1, 0.15) is 59.9 Å². The fraction of sp³-hybridized carbons (Fsp3) is 0.346. The average Bonchev–Trinajstić information content (AvgIpc) is 3.21. The Kier molecular flexibility index (Phi) is 7.05. The highest BCUT2D eigenvalue weighted by Crippen LogP contribution is 2.30. The number of nitrogens with zero attached hydrogens (tertiary/aromatic N) is 2. The molecular formula is C26H28F2N4O2. The van der Waals surface area contributed by atoms with E-state index in [0.717, 1.165) is 48.2 Å². The molecule has 0 bridgehead atoms. The van der Waals surface area contributed by atoms with Gasteiger partial charge in [0.05, 0.1) is 18.8 Å². The quantitative estimate of drug-likeness (QED) is 0.549. The van der Waals surface area contributed by atoms with E-state index >= 15 is 0 Å². The summed E-state index contributed by atoms with van der Waals surface area (Å²) >= 11 is 0. The summed E-state index contributed by atoms with van der Waals surface area (Å²) in [7, 11) is 0. The number of amides is 2. The number of aromatic nitrogens is 2. The minimum Gasteiger partial charge on any atom is -0.347 e. The van der Waals surface area contributed by atoms with Gasteiger partial charge in [-0.25, -0.2) is 8.78 Å². The molecule has 2 aromatic carbocycles. The number of rotatable bonds is 7. The van der Waals surface area contributed by atoms with Gasteiger partial charge < -0.3 is 10.6 Å². The number of carbonyl (C=O) groups excluding carboxylic acids is 2. The van der Waals surface area contributed by atoms with Crippen molar-refractivity contribution in [1.82, 2.24) is 20.4 Å². The molecule has 0 fully saturated rings. The molecular weight excluding hydrogens is 438 g/mol. The van der Waals surface area contributed by atoms with Crippen molar-refractivity contribution >= 4 is 11.8 Å². The van der Waals surface area contributed by atoms with Gasteiger partial charge in [0.25, 0.3) is 5.91 Å². The largest absolute Gasteiger partial charge is 0.347 e. The maximum absolute atomic E-state index is 14.0. The van der Waals surface area contributed by atoms with Crippen LogP contribution in [0.15, 0.2) is 54.7 Å². The van der Waals surface area contributed by atoms with Crippen LogP contribution < -0.4 is 10.6 Å². The van der Waals surface area contributed by atoms with Crippen LogP contribution in [0.4, 0.5) is 8.78 Å². The molecule has 0 spiro atoms. The van der Waals surface area contributed by atoms with E-state index in [1.807, 2.05) is 35.0 Å². The number of nitrogens with one attached hydrogen (secondary N) is 2. The van der Waals surface area contributed by atoms with E-state index in [9.17, 15) is 18.4 Å². The van der Waals surface area contributed by atoms with Gasteiger partial charge in [0, 0.05) is 11.3 Å². The second kappa shape index (κ2) is 10.2. The first kappa shape index (κ1) is 23.6. The van der Waals surface area contributed by atoms with Crippen molar-refractivity contribution in [3.63, 3.8) is 0 Å². The second-order valence-electron chi connectivity index (χ2n) is 8.94. The number of hydrogen-bond donors (Lipinski definition) is 2. The summed E-state index contributed by atoms with van der Waals surface area (Å²) in [5, 5.41) is 10.1. The highest BCUT2D eigenvalue weighted by atomic mass is 19.1. The van der Waals surface area contributed by atoms with Crippen LogP contribution in [0.5, 0.6) is 0 Å². The molecule has 0 saturated heterocycles. The molecule has 34 heavy (non-hydrogen) atoms. The fourth-order valence-corrected chi connectivity index (χ4v) is 4.39. The Morgan fingerprint density at radius 1 is 1.09 bits per heavy atom. The summed E-state index contributed by atoms with van der Waals surface area (Å²) < 4.78 is 30.0. The number of benzene rings is 2. The molecule has 3 aromatic rings. The molecule has 0 aliphatic heterocycles. The van der Waals surface area contributed by atoms with E-state index < -0.39 is 35.1 Å². The zero-order valence-corrected chi connectivity index (χ0v) is 19.2. The van der Waals surface area contributed by atoms with Crippen LogP contribution in [0.3, 0.4) is 0 Å². The van der Waals surface area contributed by atoms with Crippen LogP contribution in [-0.4, -0.2) is 27.6 Å². The van der Waals surface area contributed by atoms with Crippen molar-refractivity contribution in [3.05, 3.63) is 88.7 Å². The number of fused-ring (bicyclic) bond motifs is 1. The zero-order chi connectivity index (χ0) is 24.2. The predicted octanol–water partition coefficient (Wildman–Crippen LogP) is 4.16. The molecule has 1 aliphatic carbocycles. The van der Waals surface area contributed by atoms with E-state index in [1.54, 1.807) is 20.0 Å². The summed E-state index contributed by atoms with van der Waals surface area (Å²) in [5.41, 5.74) is 2.49. The molecule has 1 heterocycles. The Labute approximate surface area is 197 Å². The van der Waals surface area contributed by atoms with Crippen LogP contribution in [0.25, 0.3) is 0 Å². The minimum atomic E-state index is -0.969. The van der Waals surface area contributed by atoms with Crippen molar-refractivity contribution < 1.29 is 18.4 Å². The highest BCUT2D eigenvalue weighted by molar-refractivity contribution is 5.98. The van der Waals surface area contributed by atoms with Crippen molar-refractivity contribution in [2.45, 2.75) is 51.7 Å². The third kappa shape index (κ3) is 5.00. The molecule has 2 amide bonds. The van der Waals surface area contributed by atoms with Crippen molar-refractivity contribution in [1.29, 1.82) is 0 Å². The Morgan fingerprint density at radius 3 is 2.47 bits per heavy atom. The summed E-state index contributed by atoms with van der Waals surface area (Å²) in [6.45, 7) is 4.19. The van der Waals surface area contributed by atoms with Crippen LogP contribution in [0.2, 0.25) is 0 Å². The maximum Gasteiger partial charge on any atom is 0.257 e. The Balaban J connectivity index is 1.49. The van der Waals surface area contributed by atoms with Gasteiger partial charge in [0.2, 0.25) is 5.91 Å². The van der Waals surface area contributed by atoms with Crippen molar-refractivity contribution in [3.8, 4) is 0 Å². The zero-order valence-electron chi connectivity index (χ0n) is 19.2. The summed E-state index contributed by atoms with van der Waals surface area (Å²) in [6.07, 6.45) is 4.29. The Morgan fingerprint density at radius 2 is 1.79 bits per heavy atom. The lowest BCUT2D eigenvalue weighted by molar-refractivity contribution is -0.124. The van der Waals surface area contributed by atoms with Crippen molar-refractivity contribution in [2.75, 3.05) is 0 Å². The third-order valence-corrected chi connectivity index (χ3v) is 6.18. The summed E-state index contributed by atoms with van der Waals surface area (Å²) in [6, 6.07) is 12.1. The van der Waals surface area contributed by atoms with E-state index in [2.05, 4.69) is 15.7 Å². The molecule has 4 rings (SSSR count). The normalized spacial score (nSPS) is 16.1. The number of halogens is 2. The first-order chi connectivity index (χ1) is 16.3. The first-order valence-corrected chi connectivity index (χ1v) is 11.5. The van der Waals surface area contributed by atoms with Crippen LogP contribution in [0, 0.1) is 17.6 Å². The Bertz CT molecular complexity index is 1160. The predicted molar refractivity (Wildman–Crippen MR) is 124 cm³/mol. The van der Waals surface area contributed by atoms with E-state index in [4.69, 9.17) is 0 Å². The van der Waals surface area contributed by atoms with Crippen LogP contribution >= 0.6 is 0 Å². The summed E-state index contributed by atoms with van der Waals surface area (Å²) in [4.78, 5) is 25.7. The lowest BCUT2D eigenvalue weighted by atomic mass is 9.92. The molecule has 2 N–H and O–H groups in total. The number of hydrogen-bond acceptors (Lipinski definition) is 3. The van der Waals surface area contributed by atoms with Gasteiger partial charge in [-0.1, -0.05) is 50.2 Å². The van der Waals surface area contributed by atoms with Gasteiger partial charge in [-0.05, 0) is 42.9 Å². The SMILES string of the molecule is CC(C)C(NC(=O)c1c(F)cccc1F)C(=O)NC1CCCc2c1cnn2Cc1ccccc1. The average molecular weight is 467 g/mol. The smallest absolute Gasteiger partial charge is 0.257 e. The first-order valence-electron chi connectivity index (χ1n) is 11.5. The standard InChI is InChI=1S/C26H28F2N4O2/c1-16(2)24(31-25(33)23-19(27)10-6-11-20(23)28)26(34)30-21-12-7-13-22-18(21)14-29-32(22)15-17-8-4-3-5-9-17/h3-6,8-11,14,16,21,24H,7,12-13,15H2,1-2H3,(H,30,34)(H,31,33). The molecule has 8 heteroatoms. The maximum atomic E-state index is 14.0. The fourth-order valence-electron chi connectivity index (χ4n) is 4.39. The molecule has 2 atom stereocenters. The summed E-state index contributed by atoms with van der Waals surface area (Å²) in [5.74, 6) is -3.58. The number of carbonyl (C=O) groups is 2. The van der Waals surface area contributed by atoms with Gasteiger partial charge in [-0.2, -0.15) is 5.10 Å². The Hall–Kier alpha value is -3.55. The van der Waals surface area contributed by atoms with Crippen molar-refractivity contribution in [2.24, 2.45) is 5.92 Å². The lowest BCUT2D eigenvalue weighted by Gasteiger charge is -2.28. The lowest BCUT2D eigenvalue weighted by Crippen LogP contribution is -2.51. The monoisotopic (exact) mass is 466 g/mol. The van der Waals surface area contributed by atoms with Crippen LogP contribution in [-0.2, 0) is 17.8 Å². The van der Waals surface area contributed by atoms with E-state index in [1.165, 1.54) is 6.07 Å². The van der Waals surface area contributed by atoms with Gasteiger partial charge >= 0.3 is 0 Å². The molecule has 1 aliphatic rings. The molecule has 0 radical (unpaired) electrons. The van der Waals surface area contributed by atoms with Gasteiger partial charge in [0.1, 0.15) is 23.2 Å².